The second kappa shape index (κ2) is 15.8. The van der Waals surface area contributed by atoms with Gasteiger partial charge in [-0.15, -0.1) is 11.3 Å². The lowest BCUT2D eigenvalue weighted by Crippen LogP contribution is -2.60. The van der Waals surface area contributed by atoms with Crippen molar-refractivity contribution in [1.82, 2.24) is 30.3 Å². The molecule has 6 bridgehead atoms. The number of rotatable bonds is 6. The molecular weight excluding hydrogens is 771 g/mol. The number of nitrogens with one attached hydrogen (secondary N) is 2. The second-order valence-corrected chi connectivity index (χ2v) is 18.6. The Bertz CT molecular complexity index is 2270. The molecule has 4 aromatic rings. The van der Waals surface area contributed by atoms with Crippen molar-refractivity contribution >= 4 is 45.7 Å². The molecule has 1 aromatic carbocycles. The summed E-state index contributed by atoms with van der Waals surface area (Å²) in [7, 11) is 1.71. The van der Waals surface area contributed by atoms with E-state index in [0.717, 1.165) is 74.2 Å². The maximum absolute atomic E-state index is 14.2. The van der Waals surface area contributed by atoms with E-state index in [9.17, 15) is 14.4 Å². The van der Waals surface area contributed by atoms with E-state index in [-0.39, 0.29) is 48.7 Å². The number of fused-ring (bicyclic) bond motifs is 6. The van der Waals surface area contributed by atoms with Gasteiger partial charge in [-0.3, -0.25) is 24.4 Å². The van der Waals surface area contributed by atoms with E-state index in [2.05, 4.69) is 66.1 Å². The van der Waals surface area contributed by atoms with E-state index in [4.69, 9.17) is 28.9 Å². The molecule has 0 spiro atoms. The first-order valence-electron chi connectivity index (χ1n) is 21.1. The quantitative estimate of drug-likeness (QED) is 0.244. The van der Waals surface area contributed by atoms with Crippen LogP contribution in [0.1, 0.15) is 69.8 Å². The summed E-state index contributed by atoms with van der Waals surface area (Å²) < 4.78 is 26.6. The molecule has 3 aromatic heterocycles. The SMILES string of the molecule is CO[C@@H](C)c1ncc(N2CCOCC2)cc1-c1c2c3cc(cc4c3n1CCO4)-c1csc(n1)C[C@H](NC(=O)C1[C@@H](C)[C@H]1C)C(=O)N1CCC[C@H](N1)C(=O)OCC(C)(C)C2. The zero-order valence-corrected chi connectivity index (χ0v) is 35.7. The predicted molar refractivity (Wildman–Crippen MR) is 224 cm³/mol. The van der Waals surface area contributed by atoms with E-state index in [1.54, 1.807) is 7.11 Å². The first-order chi connectivity index (χ1) is 28.4. The van der Waals surface area contributed by atoms with Crippen molar-refractivity contribution in [1.29, 1.82) is 0 Å². The minimum absolute atomic E-state index is 0.124. The Morgan fingerprint density at radius 2 is 1.86 bits per heavy atom. The highest BCUT2D eigenvalue weighted by Crippen LogP contribution is 2.47. The van der Waals surface area contributed by atoms with Gasteiger partial charge in [-0.05, 0) is 61.8 Å². The third-order valence-corrected chi connectivity index (χ3v) is 13.9. The number of nitrogens with zero attached hydrogens (tertiary/aromatic N) is 5. The number of carbonyl (C=O) groups excluding carboxylic acids is 3. The fourth-order valence-electron chi connectivity index (χ4n) is 9.34. The van der Waals surface area contributed by atoms with Crippen molar-refractivity contribution in [3.63, 3.8) is 0 Å². The number of pyridine rings is 1. The highest BCUT2D eigenvalue weighted by atomic mass is 32.1. The molecule has 1 unspecified atom stereocenters. The molecule has 15 heteroatoms. The number of ether oxygens (including phenoxy) is 4. The number of esters is 1. The fraction of sp³-hybridized carbons (Fsp3) is 0.568. The van der Waals surface area contributed by atoms with Crippen LogP contribution >= 0.6 is 11.3 Å². The van der Waals surface area contributed by atoms with Gasteiger partial charge >= 0.3 is 5.97 Å². The third-order valence-electron chi connectivity index (χ3n) is 13.0. The highest BCUT2D eigenvalue weighted by Gasteiger charge is 2.49. The van der Waals surface area contributed by atoms with Crippen LogP contribution < -0.4 is 20.4 Å². The monoisotopic (exact) mass is 825 g/mol. The molecule has 3 fully saturated rings. The number of hydrogen-bond donors (Lipinski definition) is 2. The molecule has 1 aliphatic carbocycles. The zero-order valence-electron chi connectivity index (χ0n) is 34.8. The van der Waals surface area contributed by atoms with Crippen LogP contribution in [0.2, 0.25) is 0 Å². The summed E-state index contributed by atoms with van der Waals surface area (Å²) >= 11 is 1.47. The van der Waals surface area contributed by atoms with Gasteiger partial charge in [-0.25, -0.2) is 10.4 Å². The lowest BCUT2D eigenvalue weighted by Gasteiger charge is -2.35. The topological polar surface area (TPSA) is 149 Å². The van der Waals surface area contributed by atoms with Crippen molar-refractivity contribution in [3.05, 3.63) is 46.0 Å². The molecule has 4 aliphatic heterocycles. The summed E-state index contributed by atoms with van der Waals surface area (Å²) in [6.45, 7) is 15.0. The second-order valence-electron chi connectivity index (χ2n) is 17.7. The fourth-order valence-corrected chi connectivity index (χ4v) is 10.2. The number of methoxy groups -OCH3 is 1. The summed E-state index contributed by atoms with van der Waals surface area (Å²) in [5, 5.41) is 8.36. The molecule has 14 nitrogen and oxygen atoms in total. The van der Waals surface area contributed by atoms with Crippen LogP contribution in [0, 0.1) is 23.2 Å². The first-order valence-corrected chi connectivity index (χ1v) is 22.0. The number of hydrazine groups is 1. The van der Waals surface area contributed by atoms with Gasteiger partial charge in [0.15, 0.2) is 0 Å². The van der Waals surface area contributed by atoms with Crippen molar-refractivity contribution in [2.75, 3.05) is 58.1 Å². The average Bonchev–Trinajstić information content (AvgIpc) is 3.50. The number of thiazole rings is 1. The Kier molecular flexibility index (Phi) is 10.7. The summed E-state index contributed by atoms with van der Waals surface area (Å²) in [5.41, 5.74) is 10.4. The largest absolute Gasteiger partial charge is 0.489 e. The van der Waals surface area contributed by atoms with Gasteiger partial charge in [0, 0.05) is 66.4 Å². The Morgan fingerprint density at radius 1 is 1.07 bits per heavy atom. The van der Waals surface area contributed by atoms with E-state index in [1.807, 2.05) is 18.5 Å². The molecule has 314 valence electrons. The number of cyclic esters (lactones) is 1. The van der Waals surface area contributed by atoms with Gasteiger partial charge in [-0.1, -0.05) is 27.7 Å². The third kappa shape index (κ3) is 7.59. The van der Waals surface area contributed by atoms with Gasteiger partial charge in [0.05, 0.1) is 72.0 Å². The summed E-state index contributed by atoms with van der Waals surface area (Å²) in [6, 6.07) is 4.96. The van der Waals surface area contributed by atoms with Crippen LogP contribution in [0.3, 0.4) is 0 Å². The van der Waals surface area contributed by atoms with E-state index >= 15 is 0 Å². The normalized spacial score (nSPS) is 26.2. The highest BCUT2D eigenvalue weighted by molar-refractivity contribution is 7.10. The Hall–Kier alpha value is -4.57. The van der Waals surface area contributed by atoms with Crippen LogP contribution in [0.25, 0.3) is 33.4 Å². The Labute approximate surface area is 348 Å². The van der Waals surface area contributed by atoms with Gasteiger partial charge in [0.1, 0.15) is 24.4 Å². The van der Waals surface area contributed by atoms with Crippen LogP contribution in [-0.4, -0.2) is 103 Å². The van der Waals surface area contributed by atoms with Gasteiger partial charge in [0.25, 0.3) is 5.91 Å². The molecule has 59 heavy (non-hydrogen) atoms. The van der Waals surface area contributed by atoms with Gasteiger partial charge in [-0.2, -0.15) is 0 Å². The number of amides is 2. The van der Waals surface area contributed by atoms with E-state index < -0.39 is 23.5 Å². The molecule has 1 saturated carbocycles. The molecule has 6 atom stereocenters. The van der Waals surface area contributed by atoms with Crippen molar-refractivity contribution in [3.8, 4) is 28.3 Å². The molecule has 9 rings (SSSR count). The molecule has 5 aliphatic rings. The summed E-state index contributed by atoms with van der Waals surface area (Å²) in [4.78, 5) is 54.0. The van der Waals surface area contributed by atoms with Gasteiger partial charge < -0.3 is 33.7 Å². The number of aromatic nitrogens is 3. The lowest BCUT2D eigenvalue weighted by atomic mass is 9.84. The number of hydrogen-bond acceptors (Lipinski definition) is 12. The number of benzene rings is 1. The molecule has 7 heterocycles. The Balaban J connectivity index is 1.19. The summed E-state index contributed by atoms with van der Waals surface area (Å²) in [6.07, 6.45) is 3.61. The number of morpholine rings is 1. The molecule has 2 N–H and O–H groups in total. The minimum atomic E-state index is -0.859. The molecular formula is C44H55N7O7S. The predicted octanol–water partition coefficient (Wildman–Crippen LogP) is 5.31. The maximum atomic E-state index is 14.2. The zero-order chi connectivity index (χ0) is 41.2. The van der Waals surface area contributed by atoms with Crippen LogP contribution in [-0.2, 0) is 48.0 Å². The van der Waals surface area contributed by atoms with Crippen molar-refractivity contribution in [2.45, 2.75) is 85.0 Å². The number of carbonyl (C=O) groups is 3. The maximum Gasteiger partial charge on any atom is 0.324 e. The molecule has 2 saturated heterocycles. The lowest BCUT2D eigenvalue weighted by molar-refractivity contribution is -0.155. The summed E-state index contributed by atoms with van der Waals surface area (Å²) in [5.74, 6) is 0.325. The smallest absolute Gasteiger partial charge is 0.324 e. The standard InChI is InChI=1S/C44H55N7O7S/c1-24-25(2)37(24)41(52)47-33-19-36-46-34(22-59-36)27-16-29-31(20-44(4,5)23-58-43(54)32-8-7-9-51(48-32)42(33)53)39(50-12-15-57-35(17-27)40(29)50)30-18-28(49-10-13-56-14-11-49)21-45-38(30)26(3)55-6/h16-18,21-22,24-26,32-33,37,48H,7-15,19-20,23H2,1-6H3,(H,47,52)/t24-,25+,26-,32-,33-,37?/m0/s1. The van der Waals surface area contributed by atoms with Crippen LogP contribution in [0.4, 0.5) is 5.69 Å². The Morgan fingerprint density at radius 3 is 2.63 bits per heavy atom. The van der Waals surface area contributed by atoms with Crippen molar-refractivity contribution < 1.29 is 33.3 Å². The van der Waals surface area contributed by atoms with Crippen LogP contribution in [0.15, 0.2) is 29.8 Å². The first kappa shape index (κ1) is 39.9. The van der Waals surface area contributed by atoms with E-state index in [0.29, 0.717) is 52.2 Å². The van der Waals surface area contributed by atoms with Crippen molar-refractivity contribution in [2.24, 2.45) is 23.2 Å². The van der Waals surface area contributed by atoms with E-state index in [1.165, 1.54) is 16.3 Å². The average molecular weight is 826 g/mol. The minimum Gasteiger partial charge on any atom is -0.489 e. The van der Waals surface area contributed by atoms with Gasteiger partial charge in [0.2, 0.25) is 5.91 Å². The number of anilines is 1. The van der Waals surface area contributed by atoms with Crippen LogP contribution in [0.5, 0.6) is 5.75 Å². The molecule has 2 amide bonds. The molecule has 0 radical (unpaired) electrons.